The Labute approximate surface area is 97.1 Å². The summed E-state index contributed by atoms with van der Waals surface area (Å²) in [4.78, 5) is 0. The van der Waals surface area contributed by atoms with Gasteiger partial charge in [-0.05, 0) is 26.3 Å². The molecule has 3 nitrogen and oxygen atoms in total. The Hall–Kier alpha value is -0.900. The van der Waals surface area contributed by atoms with Crippen LogP contribution >= 0.6 is 0 Å². The van der Waals surface area contributed by atoms with Crippen molar-refractivity contribution in [2.24, 2.45) is 0 Å². The van der Waals surface area contributed by atoms with E-state index in [9.17, 15) is 0 Å². The molecule has 1 atom stereocenters. The highest BCUT2D eigenvalue weighted by molar-refractivity contribution is 5.30. The van der Waals surface area contributed by atoms with Crippen LogP contribution in [0.5, 0.6) is 0 Å². The van der Waals surface area contributed by atoms with Gasteiger partial charge in [0.2, 0.25) is 0 Å². The third-order valence-corrected chi connectivity index (χ3v) is 2.67. The summed E-state index contributed by atoms with van der Waals surface area (Å²) in [6.45, 7) is 6.07. The predicted molar refractivity (Wildman–Crippen MR) is 65.4 cm³/mol. The van der Waals surface area contributed by atoms with Gasteiger partial charge in [0.15, 0.2) is 0 Å². The molecule has 0 saturated carbocycles. The quantitative estimate of drug-likeness (QED) is 0.705. The second kappa shape index (κ2) is 5.99. The van der Waals surface area contributed by atoms with Crippen LogP contribution < -0.4 is 5.32 Å². The average molecular weight is 223 g/mol. The molecule has 0 spiro atoms. The normalized spacial score (nSPS) is 13.1. The van der Waals surface area contributed by atoms with Gasteiger partial charge in [-0.1, -0.05) is 29.3 Å². The summed E-state index contributed by atoms with van der Waals surface area (Å²) in [7, 11) is 0. The molecule has 0 saturated heterocycles. The number of aryl methyl sites for hydroxylation is 2. The van der Waals surface area contributed by atoms with Crippen molar-refractivity contribution < 1.29 is 10.2 Å². The van der Waals surface area contributed by atoms with E-state index in [2.05, 4.69) is 37.4 Å². The highest BCUT2D eigenvalue weighted by atomic mass is 16.3. The average Bonchev–Trinajstić information content (AvgIpc) is 2.24. The first-order valence-corrected chi connectivity index (χ1v) is 5.62. The number of hydrogen-bond donors (Lipinski definition) is 3. The summed E-state index contributed by atoms with van der Waals surface area (Å²) in [5, 5.41) is 21.2. The molecule has 16 heavy (non-hydrogen) atoms. The summed E-state index contributed by atoms with van der Waals surface area (Å²) in [6, 6.07) is 6.25. The van der Waals surface area contributed by atoms with E-state index in [-0.39, 0.29) is 25.3 Å². The van der Waals surface area contributed by atoms with Gasteiger partial charge in [0.25, 0.3) is 0 Å². The van der Waals surface area contributed by atoms with Gasteiger partial charge in [-0.2, -0.15) is 0 Å². The fraction of sp³-hybridized carbons (Fsp3) is 0.538. The van der Waals surface area contributed by atoms with Crippen LogP contribution in [0.2, 0.25) is 0 Å². The highest BCUT2D eigenvalue weighted by Gasteiger charge is 2.11. The van der Waals surface area contributed by atoms with Gasteiger partial charge in [0.1, 0.15) is 0 Å². The lowest BCUT2D eigenvalue weighted by molar-refractivity contribution is 0.163. The number of benzene rings is 1. The summed E-state index contributed by atoms with van der Waals surface area (Å²) in [6.07, 6.45) is 0. The van der Waals surface area contributed by atoms with Crippen LogP contribution in [0.3, 0.4) is 0 Å². The highest BCUT2D eigenvalue weighted by Crippen LogP contribution is 2.16. The smallest absolute Gasteiger partial charge is 0.0607 e. The molecule has 0 bridgehead atoms. The zero-order valence-corrected chi connectivity index (χ0v) is 10.2. The van der Waals surface area contributed by atoms with E-state index >= 15 is 0 Å². The van der Waals surface area contributed by atoms with Gasteiger partial charge in [0, 0.05) is 6.04 Å². The molecule has 0 amide bonds. The van der Waals surface area contributed by atoms with Gasteiger partial charge < -0.3 is 15.5 Å². The number of aliphatic hydroxyl groups excluding tert-OH is 2. The molecule has 0 fully saturated rings. The lowest BCUT2D eigenvalue weighted by atomic mass is 10.0. The molecule has 0 radical (unpaired) electrons. The van der Waals surface area contributed by atoms with Crippen molar-refractivity contribution in [1.82, 2.24) is 5.32 Å². The third-order valence-electron chi connectivity index (χ3n) is 2.67. The van der Waals surface area contributed by atoms with Crippen LogP contribution in [0.4, 0.5) is 0 Å². The zero-order chi connectivity index (χ0) is 12.1. The van der Waals surface area contributed by atoms with Crippen molar-refractivity contribution in [1.29, 1.82) is 0 Å². The Bertz CT molecular complexity index is 314. The monoisotopic (exact) mass is 223 g/mol. The minimum Gasteiger partial charge on any atom is -0.395 e. The van der Waals surface area contributed by atoms with E-state index in [1.54, 1.807) is 0 Å². The summed E-state index contributed by atoms with van der Waals surface area (Å²) in [5.41, 5.74) is 3.64. The van der Waals surface area contributed by atoms with E-state index < -0.39 is 0 Å². The molecule has 1 unspecified atom stereocenters. The standard InChI is InChI=1S/C13H21NO2/c1-9-4-10(2)6-12(5-9)11(3)14-13(7-15)8-16/h4-6,11,13-16H,7-8H2,1-3H3. The second-order valence-corrected chi connectivity index (χ2v) is 4.37. The van der Waals surface area contributed by atoms with Crippen molar-refractivity contribution in [3.8, 4) is 0 Å². The number of aliphatic hydroxyl groups is 2. The largest absolute Gasteiger partial charge is 0.395 e. The van der Waals surface area contributed by atoms with Crippen LogP contribution in [-0.2, 0) is 0 Å². The molecule has 0 heterocycles. The topological polar surface area (TPSA) is 52.5 Å². The SMILES string of the molecule is Cc1cc(C)cc(C(C)NC(CO)CO)c1. The fourth-order valence-corrected chi connectivity index (χ4v) is 1.87. The van der Waals surface area contributed by atoms with Crippen LogP contribution in [0.25, 0.3) is 0 Å². The molecule has 1 rings (SSSR count). The molecule has 0 aliphatic rings. The molecular weight excluding hydrogens is 202 g/mol. The summed E-state index contributed by atoms with van der Waals surface area (Å²) in [5.74, 6) is 0. The number of hydrogen-bond acceptors (Lipinski definition) is 3. The van der Waals surface area contributed by atoms with E-state index in [0.29, 0.717) is 0 Å². The van der Waals surface area contributed by atoms with E-state index in [1.807, 2.05) is 6.92 Å². The summed E-state index contributed by atoms with van der Waals surface area (Å²) >= 11 is 0. The fourth-order valence-electron chi connectivity index (χ4n) is 1.87. The Morgan fingerprint density at radius 1 is 1.06 bits per heavy atom. The van der Waals surface area contributed by atoms with Crippen molar-refractivity contribution in [2.45, 2.75) is 32.9 Å². The predicted octanol–water partition coefficient (Wildman–Crippen LogP) is 1.31. The van der Waals surface area contributed by atoms with Gasteiger partial charge >= 0.3 is 0 Å². The van der Waals surface area contributed by atoms with Crippen molar-refractivity contribution in [2.75, 3.05) is 13.2 Å². The number of nitrogens with one attached hydrogen (secondary N) is 1. The van der Waals surface area contributed by atoms with Crippen LogP contribution in [0.1, 0.15) is 29.7 Å². The number of rotatable bonds is 5. The Morgan fingerprint density at radius 2 is 1.56 bits per heavy atom. The molecular formula is C13H21NO2. The summed E-state index contributed by atoms with van der Waals surface area (Å²) < 4.78 is 0. The molecule has 0 aromatic heterocycles. The molecule has 0 aliphatic carbocycles. The maximum Gasteiger partial charge on any atom is 0.0607 e. The van der Waals surface area contributed by atoms with Crippen LogP contribution in [0, 0.1) is 13.8 Å². The van der Waals surface area contributed by atoms with Crippen molar-refractivity contribution in [3.63, 3.8) is 0 Å². The molecule has 3 heteroatoms. The first-order chi connectivity index (χ1) is 7.56. The molecule has 1 aromatic carbocycles. The Balaban J connectivity index is 2.75. The van der Waals surface area contributed by atoms with Gasteiger partial charge in [0.05, 0.1) is 19.3 Å². The third kappa shape index (κ3) is 3.59. The maximum absolute atomic E-state index is 9.01. The van der Waals surface area contributed by atoms with E-state index in [1.165, 1.54) is 16.7 Å². The van der Waals surface area contributed by atoms with Crippen LogP contribution in [0.15, 0.2) is 18.2 Å². The Morgan fingerprint density at radius 3 is 2.00 bits per heavy atom. The first kappa shape index (κ1) is 13.2. The minimum atomic E-state index is -0.254. The zero-order valence-electron chi connectivity index (χ0n) is 10.2. The molecule has 1 aromatic rings. The van der Waals surface area contributed by atoms with Gasteiger partial charge in [-0.25, -0.2) is 0 Å². The molecule has 90 valence electrons. The second-order valence-electron chi connectivity index (χ2n) is 4.37. The van der Waals surface area contributed by atoms with Gasteiger partial charge in [-0.3, -0.25) is 0 Å². The van der Waals surface area contributed by atoms with Crippen molar-refractivity contribution >= 4 is 0 Å². The first-order valence-electron chi connectivity index (χ1n) is 5.62. The van der Waals surface area contributed by atoms with E-state index in [4.69, 9.17) is 10.2 Å². The van der Waals surface area contributed by atoms with Crippen molar-refractivity contribution in [3.05, 3.63) is 34.9 Å². The lowest BCUT2D eigenvalue weighted by Gasteiger charge is -2.21. The van der Waals surface area contributed by atoms with Crippen LogP contribution in [-0.4, -0.2) is 29.5 Å². The van der Waals surface area contributed by atoms with Gasteiger partial charge in [-0.15, -0.1) is 0 Å². The van der Waals surface area contributed by atoms with E-state index in [0.717, 1.165) is 0 Å². The minimum absolute atomic E-state index is 0.0500. The maximum atomic E-state index is 9.01. The molecule has 3 N–H and O–H groups in total. The Kier molecular flexibility index (Phi) is 4.93. The lowest BCUT2D eigenvalue weighted by Crippen LogP contribution is -2.37. The molecule has 0 aliphatic heterocycles.